The number of esters is 1. The molecular formula is C14H26N2O2. The van der Waals surface area contributed by atoms with Crippen molar-refractivity contribution in [3.8, 4) is 0 Å². The molecule has 4 nitrogen and oxygen atoms in total. The molecule has 0 N–H and O–H groups in total. The molecule has 0 radical (unpaired) electrons. The zero-order valence-corrected chi connectivity index (χ0v) is 12.1. The first kappa shape index (κ1) is 14.9. The van der Waals surface area contributed by atoms with Crippen molar-refractivity contribution in [1.82, 2.24) is 9.80 Å². The molecule has 1 heterocycles. The molecule has 0 aromatic heterocycles. The minimum absolute atomic E-state index is 0.234. The van der Waals surface area contributed by atoms with Gasteiger partial charge in [0.1, 0.15) is 0 Å². The summed E-state index contributed by atoms with van der Waals surface area (Å²) in [5.41, 5.74) is 0. The standard InChI is InChI=1S/C14H26N2O2/c1-5-7-8-13(6-2)11-16-10-9-15(4)14(16)18-12(3)17/h9-10,13-14H,5-8,11H2,1-4H3. The lowest BCUT2D eigenvalue weighted by atomic mass is 9.99. The van der Waals surface area contributed by atoms with Crippen LogP contribution in [0.3, 0.4) is 0 Å². The Morgan fingerprint density at radius 1 is 1.39 bits per heavy atom. The first-order valence-corrected chi connectivity index (χ1v) is 6.91. The lowest BCUT2D eigenvalue weighted by Gasteiger charge is -2.31. The Bertz CT molecular complexity index is 292. The number of hydrogen-bond donors (Lipinski definition) is 0. The van der Waals surface area contributed by atoms with Crippen molar-refractivity contribution in [3.63, 3.8) is 0 Å². The fourth-order valence-electron chi connectivity index (χ4n) is 2.24. The van der Waals surface area contributed by atoms with Gasteiger partial charge in [-0.05, 0) is 12.3 Å². The van der Waals surface area contributed by atoms with Crippen LogP contribution in [0.5, 0.6) is 0 Å². The van der Waals surface area contributed by atoms with Gasteiger partial charge in [0.15, 0.2) is 0 Å². The van der Waals surface area contributed by atoms with Crippen LogP contribution in [-0.4, -0.2) is 35.7 Å². The Morgan fingerprint density at radius 2 is 2.11 bits per heavy atom. The van der Waals surface area contributed by atoms with Gasteiger partial charge in [-0.15, -0.1) is 0 Å². The molecule has 104 valence electrons. The van der Waals surface area contributed by atoms with Crippen LogP contribution in [-0.2, 0) is 9.53 Å². The van der Waals surface area contributed by atoms with Gasteiger partial charge < -0.3 is 14.5 Å². The summed E-state index contributed by atoms with van der Waals surface area (Å²) in [6.45, 7) is 6.86. The fourth-order valence-corrected chi connectivity index (χ4v) is 2.24. The second-order valence-electron chi connectivity index (χ2n) is 5.01. The average molecular weight is 254 g/mol. The van der Waals surface area contributed by atoms with Crippen molar-refractivity contribution >= 4 is 5.97 Å². The molecule has 2 atom stereocenters. The Hall–Kier alpha value is -1.19. The zero-order valence-electron chi connectivity index (χ0n) is 12.1. The second-order valence-corrected chi connectivity index (χ2v) is 5.01. The van der Waals surface area contributed by atoms with Crippen molar-refractivity contribution in [2.45, 2.75) is 52.8 Å². The van der Waals surface area contributed by atoms with Crippen molar-refractivity contribution < 1.29 is 9.53 Å². The van der Waals surface area contributed by atoms with Gasteiger partial charge in [-0.25, -0.2) is 0 Å². The topological polar surface area (TPSA) is 32.8 Å². The third-order valence-electron chi connectivity index (χ3n) is 3.41. The molecular weight excluding hydrogens is 228 g/mol. The summed E-state index contributed by atoms with van der Waals surface area (Å²) >= 11 is 0. The van der Waals surface area contributed by atoms with E-state index in [2.05, 4.69) is 18.7 Å². The highest BCUT2D eigenvalue weighted by Gasteiger charge is 2.27. The van der Waals surface area contributed by atoms with E-state index in [-0.39, 0.29) is 12.3 Å². The van der Waals surface area contributed by atoms with Gasteiger partial charge in [0.05, 0.1) is 0 Å². The second kappa shape index (κ2) is 7.29. The summed E-state index contributed by atoms with van der Waals surface area (Å²) in [5, 5.41) is 0. The minimum atomic E-state index is -0.266. The minimum Gasteiger partial charge on any atom is -0.423 e. The highest BCUT2D eigenvalue weighted by Crippen LogP contribution is 2.21. The molecule has 2 unspecified atom stereocenters. The maximum atomic E-state index is 11.1. The molecule has 18 heavy (non-hydrogen) atoms. The van der Waals surface area contributed by atoms with Crippen LogP contribution in [0.4, 0.5) is 0 Å². The largest absolute Gasteiger partial charge is 0.423 e. The van der Waals surface area contributed by atoms with Crippen LogP contribution in [0.2, 0.25) is 0 Å². The number of ether oxygens (including phenoxy) is 1. The zero-order chi connectivity index (χ0) is 13.5. The lowest BCUT2D eigenvalue weighted by molar-refractivity contribution is -0.164. The van der Waals surface area contributed by atoms with Crippen LogP contribution in [0.15, 0.2) is 12.4 Å². The quantitative estimate of drug-likeness (QED) is 0.654. The van der Waals surface area contributed by atoms with Crippen molar-refractivity contribution in [1.29, 1.82) is 0 Å². The summed E-state index contributed by atoms with van der Waals surface area (Å²) in [4.78, 5) is 15.2. The predicted octanol–water partition coefficient (Wildman–Crippen LogP) is 2.77. The summed E-state index contributed by atoms with van der Waals surface area (Å²) in [5.74, 6) is 0.432. The molecule has 0 saturated carbocycles. The molecule has 4 heteroatoms. The van der Waals surface area contributed by atoms with Gasteiger partial charge in [-0.3, -0.25) is 4.79 Å². The maximum absolute atomic E-state index is 11.1. The highest BCUT2D eigenvalue weighted by atomic mass is 16.6. The molecule has 0 fully saturated rings. The Kier molecular flexibility index (Phi) is 6.02. The van der Waals surface area contributed by atoms with E-state index in [1.165, 1.54) is 32.6 Å². The molecule has 0 aromatic carbocycles. The predicted molar refractivity (Wildman–Crippen MR) is 72.5 cm³/mol. The number of unbranched alkanes of at least 4 members (excludes halogenated alkanes) is 1. The van der Waals surface area contributed by atoms with Crippen molar-refractivity contribution in [2.75, 3.05) is 13.6 Å². The lowest BCUT2D eigenvalue weighted by Crippen LogP contribution is -2.42. The normalized spacial score (nSPS) is 20.3. The van der Waals surface area contributed by atoms with E-state index in [0.717, 1.165) is 6.54 Å². The summed E-state index contributed by atoms with van der Waals surface area (Å²) in [6.07, 6.45) is 8.62. The van der Waals surface area contributed by atoms with Crippen LogP contribution in [0.1, 0.15) is 46.5 Å². The Labute approximate surface area is 111 Å². The third-order valence-corrected chi connectivity index (χ3v) is 3.41. The van der Waals surface area contributed by atoms with E-state index in [0.29, 0.717) is 5.92 Å². The SMILES string of the molecule is CCCCC(CC)CN1C=CN(C)C1OC(C)=O. The fraction of sp³-hybridized carbons (Fsp3) is 0.786. The van der Waals surface area contributed by atoms with Gasteiger partial charge in [-0.1, -0.05) is 33.1 Å². The number of rotatable bonds is 7. The van der Waals surface area contributed by atoms with E-state index < -0.39 is 0 Å². The van der Waals surface area contributed by atoms with Crippen LogP contribution >= 0.6 is 0 Å². The summed E-state index contributed by atoms with van der Waals surface area (Å²) < 4.78 is 5.34. The molecule has 0 amide bonds. The molecule has 0 aromatic rings. The van der Waals surface area contributed by atoms with Crippen molar-refractivity contribution in [3.05, 3.63) is 12.4 Å². The number of carbonyl (C=O) groups excluding carboxylic acids is 1. The van der Waals surface area contributed by atoms with E-state index in [1.54, 1.807) is 0 Å². The number of nitrogens with zero attached hydrogens (tertiary/aromatic N) is 2. The third kappa shape index (κ3) is 4.24. The first-order valence-electron chi connectivity index (χ1n) is 6.91. The van der Waals surface area contributed by atoms with E-state index >= 15 is 0 Å². The van der Waals surface area contributed by atoms with Crippen molar-refractivity contribution in [2.24, 2.45) is 5.92 Å². The molecule has 0 bridgehead atoms. The van der Waals surface area contributed by atoms with Gasteiger partial charge in [0, 0.05) is 32.9 Å². The van der Waals surface area contributed by atoms with Gasteiger partial charge in [0.25, 0.3) is 6.35 Å². The Morgan fingerprint density at radius 3 is 2.67 bits per heavy atom. The van der Waals surface area contributed by atoms with E-state index in [9.17, 15) is 4.79 Å². The van der Waals surface area contributed by atoms with Crippen LogP contribution in [0, 0.1) is 5.92 Å². The molecule has 1 aliphatic rings. The number of carbonyl (C=O) groups is 1. The molecule has 0 saturated heterocycles. The number of hydrogen-bond acceptors (Lipinski definition) is 4. The highest BCUT2D eigenvalue weighted by molar-refractivity contribution is 5.66. The Balaban J connectivity index is 2.52. The molecule has 0 spiro atoms. The average Bonchev–Trinajstić information content (AvgIpc) is 2.66. The van der Waals surface area contributed by atoms with Crippen LogP contribution in [0.25, 0.3) is 0 Å². The van der Waals surface area contributed by atoms with Gasteiger partial charge in [-0.2, -0.15) is 0 Å². The van der Waals surface area contributed by atoms with E-state index in [1.807, 2.05) is 24.3 Å². The van der Waals surface area contributed by atoms with Crippen LogP contribution < -0.4 is 0 Å². The monoisotopic (exact) mass is 254 g/mol. The molecule has 1 rings (SSSR count). The summed E-state index contributed by atoms with van der Waals surface area (Å²) in [7, 11) is 1.93. The summed E-state index contributed by atoms with van der Waals surface area (Å²) in [6, 6.07) is 0. The first-order chi connectivity index (χ1) is 8.58. The molecule has 0 aliphatic carbocycles. The van der Waals surface area contributed by atoms with E-state index in [4.69, 9.17) is 4.74 Å². The smallest absolute Gasteiger partial charge is 0.305 e. The van der Waals surface area contributed by atoms with Gasteiger partial charge in [0.2, 0.25) is 0 Å². The molecule has 1 aliphatic heterocycles. The van der Waals surface area contributed by atoms with Gasteiger partial charge >= 0.3 is 5.97 Å². The maximum Gasteiger partial charge on any atom is 0.305 e.